The summed E-state index contributed by atoms with van der Waals surface area (Å²) in [5.41, 5.74) is 0. The number of rotatable bonds is 3. The third kappa shape index (κ3) is 3.17. The number of hydrogen-bond acceptors (Lipinski definition) is 1. The van der Waals surface area contributed by atoms with E-state index in [9.17, 15) is 4.79 Å². The highest BCUT2D eigenvalue weighted by molar-refractivity contribution is 5.87. The molecule has 0 radical (unpaired) electrons. The Morgan fingerprint density at radius 1 is 1.50 bits per heavy atom. The first kappa shape index (κ1) is 11.3. The molecule has 14 heavy (non-hydrogen) atoms. The van der Waals surface area contributed by atoms with Gasteiger partial charge in [-0.1, -0.05) is 33.3 Å². The van der Waals surface area contributed by atoms with Gasteiger partial charge in [-0.15, -0.1) is 0 Å². The van der Waals surface area contributed by atoms with Crippen LogP contribution in [0.1, 0.15) is 39.5 Å². The molecule has 0 bridgehead atoms. The van der Waals surface area contributed by atoms with Gasteiger partial charge in [0.25, 0.3) is 0 Å². The zero-order chi connectivity index (χ0) is 10.6. The minimum absolute atomic E-state index is 0.0283. The van der Waals surface area contributed by atoms with Crippen LogP contribution < -0.4 is 5.32 Å². The largest absolute Gasteiger partial charge is 0.350 e. The molecule has 0 unspecified atom stereocenters. The number of hydrogen-bond donors (Lipinski definition) is 1. The standard InChI is InChI=1S/C12H21NO/c1-4-12(14)13-11-7-5-6-10(8-11)9(2)3/h4,9-11H,1,5-8H2,2-3H3,(H,13,14)/t10-,11+/m1/s1. The lowest BCUT2D eigenvalue weighted by molar-refractivity contribution is -0.117. The average molecular weight is 195 g/mol. The van der Waals surface area contributed by atoms with E-state index in [2.05, 4.69) is 25.7 Å². The molecule has 1 fully saturated rings. The van der Waals surface area contributed by atoms with Crippen LogP contribution in [0.4, 0.5) is 0 Å². The monoisotopic (exact) mass is 195 g/mol. The van der Waals surface area contributed by atoms with Gasteiger partial charge in [0, 0.05) is 6.04 Å². The smallest absolute Gasteiger partial charge is 0.243 e. The molecule has 1 aliphatic rings. The van der Waals surface area contributed by atoms with E-state index in [1.54, 1.807) is 0 Å². The molecule has 2 heteroatoms. The fourth-order valence-electron chi connectivity index (χ4n) is 2.22. The second-order valence-electron chi connectivity index (χ2n) is 4.58. The SMILES string of the molecule is C=CC(=O)N[C@H]1CCC[C@@H](C(C)C)C1. The molecule has 1 amide bonds. The van der Waals surface area contributed by atoms with Gasteiger partial charge in [-0.25, -0.2) is 0 Å². The Hall–Kier alpha value is -0.790. The van der Waals surface area contributed by atoms with E-state index in [0.29, 0.717) is 6.04 Å². The van der Waals surface area contributed by atoms with Gasteiger partial charge in [0.2, 0.25) is 5.91 Å². The summed E-state index contributed by atoms with van der Waals surface area (Å²) in [7, 11) is 0. The summed E-state index contributed by atoms with van der Waals surface area (Å²) in [6.07, 6.45) is 6.18. The molecule has 0 aromatic rings. The van der Waals surface area contributed by atoms with E-state index in [1.165, 1.54) is 18.9 Å². The quantitative estimate of drug-likeness (QED) is 0.689. The Morgan fingerprint density at radius 2 is 2.21 bits per heavy atom. The lowest BCUT2D eigenvalue weighted by Crippen LogP contribution is -2.38. The van der Waals surface area contributed by atoms with Crippen molar-refractivity contribution in [2.45, 2.75) is 45.6 Å². The van der Waals surface area contributed by atoms with Crippen molar-refractivity contribution >= 4 is 5.91 Å². The maximum absolute atomic E-state index is 11.1. The number of nitrogens with one attached hydrogen (secondary N) is 1. The van der Waals surface area contributed by atoms with Crippen LogP contribution in [0.5, 0.6) is 0 Å². The first-order valence-electron chi connectivity index (χ1n) is 5.56. The van der Waals surface area contributed by atoms with Crippen LogP contribution in [-0.4, -0.2) is 11.9 Å². The summed E-state index contributed by atoms with van der Waals surface area (Å²) < 4.78 is 0. The molecule has 1 N–H and O–H groups in total. The zero-order valence-electron chi connectivity index (χ0n) is 9.25. The molecule has 80 valence electrons. The van der Waals surface area contributed by atoms with E-state index < -0.39 is 0 Å². The molecule has 2 atom stereocenters. The Bertz CT molecular complexity index is 210. The lowest BCUT2D eigenvalue weighted by atomic mass is 9.79. The Kier molecular flexibility index (Phi) is 4.18. The lowest BCUT2D eigenvalue weighted by Gasteiger charge is -2.31. The molecule has 0 saturated heterocycles. The topological polar surface area (TPSA) is 29.1 Å². The normalized spacial score (nSPS) is 27.4. The van der Waals surface area contributed by atoms with E-state index in [0.717, 1.165) is 24.7 Å². The van der Waals surface area contributed by atoms with E-state index >= 15 is 0 Å². The summed E-state index contributed by atoms with van der Waals surface area (Å²) in [6.45, 7) is 8.00. The van der Waals surface area contributed by atoms with Crippen LogP contribution in [-0.2, 0) is 4.79 Å². The van der Waals surface area contributed by atoms with Gasteiger partial charge in [0.05, 0.1) is 0 Å². The summed E-state index contributed by atoms with van der Waals surface area (Å²) in [5.74, 6) is 1.48. The summed E-state index contributed by atoms with van der Waals surface area (Å²) in [5, 5.41) is 3.00. The average Bonchev–Trinajstić information content (AvgIpc) is 2.18. The van der Waals surface area contributed by atoms with Gasteiger partial charge >= 0.3 is 0 Å². The molecule has 1 saturated carbocycles. The molecule has 0 heterocycles. The summed E-state index contributed by atoms with van der Waals surface area (Å²) >= 11 is 0. The minimum Gasteiger partial charge on any atom is -0.350 e. The van der Waals surface area contributed by atoms with Gasteiger partial charge in [0.1, 0.15) is 0 Å². The van der Waals surface area contributed by atoms with Gasteiger partial charge < -0.3 is 5.32 Å². The molecule has 0 aromatic heterocycles. The predicted octanol–water partition coefficient (Wildman–Crippen LogP) is 2.50. The Morgan fingerprint density at radius 3 is 2.79 bits per heavy atom. The Labute approximate surface area is 86.8 Å². The van der Waals surface area contributed by atoms with Crippen LogP contribution in [0.2, 0.25) is 0 Å². The van der Waals surface area contributed by atoms with Crippen molar-refractivity contribution in [1.82, 2.24) is 5.32 Å². The van der Waals surface area contributed by atoms with E-state index in [1.807, 2.05) is 0 Å². The third-order valence-corrected chi connectivity index (χ3v) is 3.19. The second-order valence-corrected chi connectivity index (χ2v) is 4.58. The Balaban J connectivity index is 2.39. The molecule has 1 aliphatic carbocycles. The fraction of sp³-hybridized carbons (Fsp3) is 0.750. The van der Waals surface area contributed by atoms with Crippen molar-refractivity contribution in [2.24, 2.45) is 11.8 Å². The molecule has 0 aromatic carbocycles. The maximum atomic E-state index is 11.1. The van der Waals surface area contributed by atoms with Crippen LogP contribution in [0.25, 0.3) is 0 Å². The number of carbonyl (C=O) groups excluding carboxylic acids is 1. The van der Waals surface area contributed by atoms with Crippen LogP contribution in [0.3, 0.4) is 0 Å². The van der Waals surface area contributed by atoms with Crippen LogP contribution in [0, 0.1) is 11.8 Å². The predicted molar refractivity (Wildman–Crippen MR) is 58.9 cm³/mol. The first-order valence-corrected chi connectivity index (χ1v) is 5.56. The van der Waals surface area contributed by atoms with Crippen molar-refractivity contribution in [3.8, 4) is 0 Å². The summed E-state index contributed by atoms with van der Waals surface area (Å²) in [4.78, 5) is 11.1. The van der Waals surface area contributed by atoms with Crippen molar-refractivity contribution < 1.29 is 4.79 Å². The molecule has 0 aliphatic heterocycles. The fourth-order valence-corrected chi connectivity index (χ4v) is 2.22. The molecule has 0 spiro atoms. The van der Waals surface area contributed by atoms with Gasteiger partial charge in [-0.3, -0.25) is 4.79 Å². The zero-order valence-corrected chi connectivity index (χ0v) is 9.25. The second kappa shape index (κ2) is 5.18. The van der Waals surface area contributed by atoms with E-state index in [4.69, 9.17) is 0 Å². The number of carbonyl (C=O) groups is 1. The van der Waals surface area contributed by atoms with E-state index in [-0.39, 0.29) is 5.91 Å². The van der Waals surface area contributed by atoms with Crippen molar-refractivity contribution in [1.29, 1.82) is 0 Å². The third-order valence-electron chi connectivity index (χ3n) is 3.19. The van der Waals surface area contributed by atoms with Crippen LogP contribution >= 0.6 is 0 Å². The molecule has 2 nitrogen and oxygen atoms in total. The number of amides is 1. The minimum atomic E-state index is -0.0283. The maximum Gasteiger partial charge on any atom is 0.243 e. The van der Waals surface area contributed by atoms with Gasteiger partial charge in [-0.05, 0) is 30.8 Å². The highest BCUT2D eigenvalue weighted by Gasteiger charge is 2.24. The van der Waals surface area contributed by atoms with Crippen molar-refractivity contribution in [3.05, 3.63) is 12.7 Å². The van der Waals surface area contributed by atoms with Crippen LogP contribution in [0.15, 0.2) is 12.7 Å². The highest BCUT2D eigenvalue weighted by atomic mass is 16.1. The van der Waals surface area contributed by atoms with Gasteiger partial charge in [0.15, 0.2) is 0 Å². The molecular weight excluding hydrogens is 174 g/mol. The first-order chi connectivity index (χ1) is 6.63. The summed E-state index contributed by atoms with van der Waals surface area (Å²) in [6, 6.07) is 0.377. The molecule has 1 rings (SSSR count). The van der Waals surface area contributed by atoms with Crippen molar-refractivity contribution in [2.75, 3.05) is 0 Å². The molecular formula is C12H21NO. The highest BCUT2D eigenvalue weighted by Crippen LogP contribution is 2.29. The van der Waals surface area contributed by atoms with Gasteiger partial charge in [-0.2, -0.15) is 0 Å². The van der Waals surface area contributed by atoms with Crippen molar-refractivity contribution in [3.63, 3.8) is 0 Å².